The molecule has 0 aliphatic heterocycles. The van der Waals surface area contributed by atoms with Crippen molar-refractivity contribution in [1.82, 2.24) is 9.97 Å². The fourth-order valence-electron chi connectivity index (χ4n) is 0.723. The Balaban J connectivity index is 2.71. The SMILES string of the molecule is Cc1ccnc(C#CCCN)n1. The molecule has 3 heteroatoms. The minimum atomic E-state index is 0.573. The van der Waals surface area contributed by atoms with Gasteiger partial charge in [0, 0.05) is 24.9 Å². The Kier molecular flexibility index (Phi) is 3.24. The zero-order valence-corrected chi connectivity index (χ0v) is 7.04. The summed E-state index contributed by atoms with van der Waals surface area (Å²) >= 11 is 0. The number of hydrogen-bond acceptors (Lipinski definition) is 3. The molecule has 0 radical (unpaired) electrons. The molecule has 0 fully saturated rings. The van der Waals surface area contributed by atoms with Crippen molar-refractivity contribution in [3.8, 4) is 11.8 Å². The summed E-state index contributed by atoms with van der Waals surface area (Å²) in [7, 11) is 0. The molecular weight excluding hydrogens is 150 g/mol. The highest BCUT2D eigenvalue weighted by molar-refractivity contribution is 5.21. The Labute approximate surface area is 72.0 Å². The van der Waals surface area contributed by atoms with Gasteiger partial charge >= 0.3 is 0 Å². The van der Waals surface area contributed by atoms with Gasteiger partial charge in [-0.15, -0.1) is 0 Å². The summed E-state index contributed by atoms with van der Waals surface area (Å²) in [5, 5.41) is 0. The average Bonchev–Trinajstić information content (AvgIpc) is 2.05. The van der Waals surface area contributed by atoms with Crippen LogP contribution in [0.3, 0.4) is 0 Å². The van der Waals surface area contributed by atoms with Crippen molar-refractivity contribution in [1.29, 1.82) is 0 Å². The summed E-state index contributed by atoms with van der Waals surface area (Å²) in [4.78, 5) is 8.11. The Bertz CT molecular complexity index is 309. The third-order valence-corrected chi connectivity index (χ3v) is 1.26. The summed E-state index contributed by atoms with van der Waals surface area (Å²) < 4.78 is 0. The van der Waals surface area contributed by atoms with Gasteiger partial charge in [-0.05, 0) is 18.9 Å². The van der Waals surface area contributed by atoms with Gasteiger partial charge in [-0.3, -0.25) is 0 Å². The van der Waals surface area contributed by atoms with Crippen molar-refractivity contribution in [2.24, 2.45) is 5.73 Å². The molecular formula is C9H11N3. The molecule has 0 aliphatic carbocycles. The molecule has 0 saturated heterocycles. The van der Waals surface area contributed by atoms with E-state index in [9.17, 15) is 0 Å². The van der Waals surface area contributed by atoms with E-state index in [4.69, 9.17) is 5.73 Å². The van der Waals surface area contributed by atoms with E-state index in [2.05, 4.69) is 21.8 Å². The molecule has 3 nitrogen and oxygen atoms in total. The van der Waals surface area contributed by atoms with Gasteiger partial charge in [0.05, 0.1) is 0 Å². The predicted octanol–water partition coefficient (Wildman–Crippen LogP) is 0.485. The van der Waals surface area contributed by atoms with Crippen molar-refractivity contribution < 1.29 is 0 Å². The Morgan fingerprint density at radius 2 is 2.42 bits per heavy atom. The van der Waals surface area contributed by atoms with Gasteiger partial charge in [0.25, 0.3) is 0 Å². The van der Waals surface area contributed by atoms with E-state index in [0.717, 1.165) is 5.69 Å². The van der Waals surface area contributed by atoms with Crippen LogP contribution in [0.5, 0.6) is 0 Å². The van der Waals surface area contributed by atoms with Gasteiger partial charge in [-0.2, -0.15) is 0 Å². The second-order valence-corrected chi connectivity index (χ2v) is 2.36. The Morgan fingerprint density at radius 3 is 3.08 bits per heavy atom. The quantitative estimate of drug-likeness (QED) is 0.610. The topological polar surface area (TPSA) is 51.8 Å². The van der Waals surface area contributed by atoms with Crippen LogP contribution >= 0.6 is 0 Å². The number of aromatic nitrogens is 2. The number of aryl methyl sites for hydroxylation is 1. The highest BCUT2D eigenvalue weighted by atomic mass is 14.9. The fourth-order valence-corrected chi connectivity index (χ4v) is 0.723. The third-order valence-electron chi connectivity index (χ3n) is 1.26. The normalized spacial score (nSPS) is 8.83. The second kappa shape index (κ2) is 4.47. The maximum Gasteiger partial charge on any atom is 0.205 e. The first-order chi connectivity index (χ1) is 5.83. The minimum absolute atomic E-state index is 0.573. The summed E-state index contributed by atoms with van der Waals surface area (Å²) in [6.07, 6.45) is 2.39. The molecule has 1 rings (SSSR count). The van der Waals surface area contributed by atoms with Crippen molar-refractivity contribution in [3.05, 3.63) is 23.8 Å². The van der Waals surface area contributed by atoms with Gasteiger partial charge in [0.15, 0.2) is 0 Å². The van der Waals surface area contributed by atoms with E-state index in [-0.39, 0.29) is 0 Å². The lowest BCUT2D eigenvalue weighted by atomic mass is 10.4. The van der Waals surface area contributed by atoms with E-state index >= 15 is 0 Å². The zero-order chi connectivity index (χ0) is 8.81. The van der Waals surface area contributed by atoms with Crippen LogP contribution in [0.15, 0.2) is 12.3 Å². The number of rotatable bonds is 1. The summed E-state index contributed by atoms with van der Waals surface area (Å²) in [6, 6.07) is 1.84. The molecule has 0 amide bonds. The lowest BCUT2D eigenvalue weighted by Gasteiger charge is -1.89. The molecule has 0 aromatic carbocycles. The van der Waals surface area contributed by atoms with E-state index in [1.54, 1.807) is 6.20 Å². The summed E-state index contributed by atoms with van der Waals surface area (Å²) in [5.74, 6) is 6.29. The Morgan fingerprint density at radius 1 is 1.58 bits per heavy atom. The monoisotopic (exact) mass is 161 g/mol. The van der Waals surface area contributed by atoms with Crippen LogP contribution in [-0.2, 0) is 0 Å². The first-order valence-corrected chi connectivity index (χ1v) is 3.81. The molecule has 0 atom stereocenters. The molecule has 62 valence electrons. The molecule has 0 aliphatic rings. The lowest BCUT2D eigenvalue weighted by Crippen LogP contribution is -1.96. The molecule has 0 saturated carbocycles. The van der Waals surface area contributed by atoms with Crippen LogP contribution in [0.2, 0.25) is 0 Å². The average molecular weight is 161 g/mol. The second-order valence-electron chi connectivity index (χ2n) is 2.36. The molecule has 2 N–H and O–H groups in total. The first kappa shape index (κ1) is 8.69. The van der Waals surface area contributed by atoms with Crippen LogP contribution in [0.1, 0.15) is 17.9 Å². The largest absolute Gasteiger partial charge is 0.330 e. The van der Waals surface area contributed by atoms with Crippen LogP contribution in [-0.4, -0.2) is 16.5 Å². The first-order valence-electron chi connectivity index (χ1n) is 3.81. The van der Waals surface area contributed by atoms with Crippen molar-refractivity contribution in [2.45, 2.75) is 13.3 Å². The van der Waals surface area contributed by atoms with E-state index in [0.29, 0.717) is 18.8 Å². The zero-order valence-electron chi connectivity index (χ0n) is 7.04. The van der Waals surface area contributed by atoms with E-state index < -0.39 is 0 Å². The van der Waals surface area contributed by atoms with Crippen molar-refractivity contribution >= 4 is 0 Å². The molecule has 0 bridgehead atoms. The molecule has 1 heterocycles. The van der Waals surface area contributed by atoms with Gasteiger partial charge in [0.2, 0.25) is 5.82 Å². The fraction of sp³-hybridized carbons (Fsp3) is 0.333. The van der Waals surface area contributed by atoms with Crippen LogP contribution < -0.4 is 5.73 Å². The van der Waals surface area contributed by atoms with Gasteiger partial charge in [-0.25, -0.2) is 9.97 Å². The summed E-state index contributed by atoms with van der Waals surface area (Å²) in [5.41, 5.74) is 6.21. The van der Waals surface area contributed by atoms with E-state index in [1.165, 1.54) is 0 Å². The van der Waals surface area contributed by atoms with Gasteiger partial charge < -0.3 is 5.73 Å². The third kappa shape index (κ3) is 2.69. The maximum atomic E-state index is 5.28. The highest BCUT2D eigenvalue weighted by Crippen LogP contribution is 1.90. The molecule has 1 aromatic rings. The van der Waals surface area contributed by atoms with Crippen molar-refractivity contribution in [2.75, 3.05) is 6.54 Å². The highest BCUT2D eigenvalue weighted by Gasteiger charge is 1.88. The van der Waals surface area contributed by atoms with Gasteiger partial charge in [-0.1, -0.05) is 5.92 Å². The molecule has 0 spiro atoms. The molecule has 1 aromatic heterocycles. The predicted molar refractivity (Wildman–Crippen MR) is 47.3 cm³/mol. The number of hydrogen-bond donors (Lipinski definition) is 1. The minimum Gasteiger partial charge on any atom is -0.330 e. The summed E-state index contributed by atoms with van der Waals surface area (Å²) in [6.45, 7) is 2.49. The number of nitrogens with two attached hydrogens (primary N) is 1. The van der Waals surface area contributed by atoms with Crippen LogP contribution in [0.4, 0.5) is 0 Å². The lowest BCUT2D eigenvalue weighted by molar-refractivity contribution is 1.03. The van der Waals surface area contributed by atoms with Gasteiger partial charge in [0.1, 0.15) is 0 Å². The van der Waals surface area contributed by atoms with Crippen molar-refractivity contribution in [3.63, 3.8) is 0 Å². The standard InChI is InChI=1S/C9H11N3/c1-8-5-7-11-9(12-8)4-2-3-6-10/h5,7H,3,6,10H2,1H3. The molecule has 12 heavy (non-hydrogen) atoms. The smallest absolute Gasteiger partial charge is 0.205 e. The van der Waals surface area contributed by atoms with E-state index in [1.807, 2.05) is 13.0 Å². The van der Waals surface area contributed by atoms with Crippen LogP contribution in [0, 0.1) is 18.8 Å². The molecule has 0 unspecified atom stereocenters. The maximum absolute atomic E-state index is 5.28. The number of nitrogens with zero attached hydrogens (tertiary/aromatic N) is 2. The Hall–Kier alpha value is -1.40. The van der Waals surface area contributed by atoms with Crippen LogP contribution in [0.25, 0.3) is 0 Å².